The molecule has 2 aromatic carbocycles. The highest BCUT2D eigenvalue weighted by atomic mass is 19.4. The van der Waals surface area contributed by atoms with Crippen LogP contribution >= 0.6 is 0 Å². The third kappa shape index (κ3) is 4.63. The number of benzene rings is 2. The molecule has 2 N–H and O–H groups in total. The first-order valence-electron chi connectivity index (χ1n) is 10.5. The molecule has 0 radical (unpaired) electrons. The van der Waals surface area contributed by atoms with Crippen molar-refractivity contribution in [1.82, 2.24) is 4.90 Å². The van der Waals surface area contributed by atoms with Crippen molar-refractivity contribution in [2.75, 3.05) is 0 Å². The number of amides is 1. The van der Waals surface area contributed by atoms with Crippen molar-refractivity contribution in [2.24, 2.45) is 5.73 Å². The number of nitriles is 1. The van der Waals surface area contributed by atoms with E-state index in [1.807, 2.05) is 6.07 Å². The first kappa shape index (κ1) is 23.7. The number of hydrogen-bond acceptors (Lipinski definition) is 3. The van der Waals surface area contributed by atoms with E-state index in [0.29, 0.717) is 23.1 Å². The Balaban J connectivity index is 2.07. The van der Waals surface area contributed by atoms with Gasteiger partial charge in [0, 0.05) is 0 Å². The second-order valence-electron chi connectivity index (χ2n) is 8.29. The Morgan fingerprint density at radius 2 is 1.78 bits per heavy atom. The molecule has 1 aliphatic carbocycles. The van der Waals surface area contributed by atoms with Gasteiger partial charge in [0.1, 0.15) is 17.4 Å². The summed E-state index contributed by atoms with van der Waals surface area (Å²) in [4.78, 5) is 13.1. The summed E-state index contributed by atoms with van der Waals surface area (Å²) in [6, 6.07) is 8.83. The molecular weight excluding hydrogens is 422 g/mol. The van der Waals surface area contributed by atoms with Gasteiger partial charge in [-0.3, -0.25) is 9.69 Å². The zero-order valence-electron chi connectivity index (χ0n) is 17.9. The number of carbonyl (C=O) groups excluding carboxylic acids is 1. The van der Waals surface area contributed by atoms with E-state index >= 15 is 0 Å². The maximum atomic E-state index is 14.4. The lowest BCUT2D eigenvalue weighted by Crippen LogP contribution is -2.55. The predicted octanol–water partition coefficient (Wildman–Crippen LogP) is 5.42. The van der Waals surface area contributed by atoms with Gasteiger partial charge in [-0.25, -0.2) is 4.39 Å². The summed E-state index contributed by atoms with van der Waals surface area (Å²) in [5, 5.41) is 9.68. The number of nitrogens with two attached hydrogens (primary N) is 1. The van der Waals surface area contributed by atoms with Gasteiger partial charge in [0.2, 0.25) is 5.91 Å². The number of halogens is 4. The molecule has 1 saturated carbocycles. The van der Waals surface area contributed by atoms with Gasteiger partial charge in [-0.2, -0.15) is 18.4 Å². The molecule has 0 unspecified atom stereocenters. The van der Waals surface area contributed by atoms with Crippen molar-refractivity contribution in [3.05, 3.63) is 59.4 Å². The van der Waals surface area contributed by atoms with E-state index in [1.165, 1.54) is 30.3 Å². The Bertz CT molecular complexity index is 1020. The minimum absolute atomic E-state index is 0.0993. The molecule has 0 bridgehead atoms. The number of rotatable bonds is 8. The molecule has 0 aromatic heterocycles. The fourth-order valence-electron chi connectivity index (χ4n) is 4.10. The number of aryl methyl sites for hydroxylation is 1. The van der Waals surface area contributed by atoms with Crippen LogP contribution in [-0.2, 0) is 4.79 Å². The fourth-order valence-corrected chi connectivity index (χ4v) is 4.10. The molecular formula is C24H25F4N3O. The van der Waals surface area contributed by atoms with Crippen LogP contribution in [0.1, 0.15) is 49.8 Å². The number of hydrogen-bond donors (Lipinski definition) is 1. The highest BCUT2D eigenvalue weighted by Gasteiger charge is 2.60. The Morgan fingerprint density at radius 3 is 2.22 bits per heavy atom. The Morgan fingerprint density at radius 1 is 1.19 bits per heavy atom. The van der Waals surface area contributed by atoms with Crippen LogP contribution in [0.25, 0.3) is 11.1 Å². The smallest absolute Gasteiger partial charge is 0.368 e. The van der Waals surface area contributed by atoms with Crippen LogP contribution in [0.15, 0.2) is 42.5 Å². The van der Waals surface area contributed by atoms with Gasteiger partial charge in [-0.15, -0.1) is 0 Å². The fraction of sp³-hybridized carbons (Fsp3) is 0.417. The van der Waals surface area contributed by atoms with Crippen molar-refractivity contribution >= 4 is 5.91 Å². The van der Waals surface area contributed by atoms with Gasteiger partial charge in [0.25, 0.3) is 0 Å². The molecule has 1 fully saturated rings. The summed E-state index contributed by atoms with van der Waals surface area (Å²) in [7, 11) is 0. The van der Waals surface area contributed by atoms with Crippen LogP contribution < -0.4 is 5.73 Å². The monoisotopic (exact) mass is 447 g/mol. The van der Waals surface area contributed by atoms with Gasteiger partial charge in [-0.05, 0) is 54.5 Å². The second kappa shape index (κ2) is 8.91. The molecule has 0 saturated heterocycles. The molecule has 1 aliphatic rings. The molecule has 170 valence electrons. The third-order valence-electron chi connectivity index (χ3n) is 5.97. The zero-order chi connectivity index (χ0) is 23.7. The highest BCUT2D eigenvalue weighted by molar-refractivity contribution is 5.80. The van der Waals surface area contributed by atoms with Crippen LogP contribution in [0.5, 0.6) is 0 Å². The van der Waals surface area contributed by atoms with Crippen molar-refractivity contribution in [1.29, 1.82) is 5.26 Å². The van der Waals surface area contributed by atoms with Crippen LogP contribution in [0.2, 0.25) is 0 Å². The molecule has 2 aromatic rings. The molecule has 32 heavy (non-hydrogen) atoms. The normalized spacial score (nSPS) is 16.9. The highest BCUT2D eigenvalue weighted by Crippen LogP contribution is 2.51. The third-order valence-corrected chi connectivity index (χ3v) is 5.97. The van der Waals surface area contributed by atoms with Crippen molar-refractivity contribution < 1.29 is 22.4 Å². The molecule has 2 atom stereocenters. The summed E-state index contributed by atoms with van der Waals surface area (Å²) in [5.41, 5.74) is 5.58. The maximum Gasteiger partial charge on any atom is 0.408 e. The van der Waals surface area contributed by atoms with E-state index in [4.69, 9.17) is 5.73 Å². The van der Waals surface area contributed by atoms with Crippen LogP contribution in [0.3, 0.4) is 0 Å². The van der Waals surface area contributed by atoms with Crippen LogP contribution in [0.4, 0.5) is 17.6 Å². The van der Waals surface area contributed by atoms with Gasteiger partial charge < -0.3 is 5.73 Å². The summed E-state index contributed by atoms with van der Waals surface area (Å²) in [6.45, 7) is 3.37. The number of primary amides is 1. The minimum Gasteiger partial charge on any atom is -0.368 e. The van der Waals surface area contributed by atoms with Crippen LogP contribution in [-0.4, -0.2) is 28.6 Å². The van der Waals surface area contributed by atoms with Crippen molar-refractivity contribution in [3.8, 4) is 17.2 Å². The van der Waals surface area contributed by atoms with E-state index in [0.717, 1.165) is 4.90 Å². The van der Waals surface area contributed by atoms with E-state index < -0.39 is 35.5 Å². The van der Waals surface area contributed by atoms with Crippen LogP contribution in [0, 0.1) is 24.1 Å². The lowest BCUT2D eigenvalue weighted by Gasteiger charge is -2.41. The largest absolute Gasteiger partial charge is 0.408 e. The average Bonchev–Trinajstić information content (AvgIpc) is 3.53. The minimum atomic E-state index is -4.74. The SMILES string of the molecule is CCC[C@@H](C(N)=O)N([C@@H](c1ccc(-c2ccc(C)c(F)c2)cc1)C(F)(F)F)C1(C#N)CC1. The maximum absolute atomic E-state index is 14.4. The van der Waals surface area contributed by atoms with E-state index in [2.05, 4.69) is 0 Å². The average molecular weight is 447 g/mol. The van der Waals surface area contributed by atoms with Crippen molar-refractivity contribution in [3.63, 3.8) is 0 Å². The molecule has 4 nitrogen and oxygen atoms in total. The lowest BCUT2D eigenvalue weighted by atomic mass is 9.94. The first-order chi connectivity index (χ1) is 15.0. The van der Waals surface area contributed by atoms with E-state index in [1.54, 1.807) is 26.0 Å². The Kier molecular flexibility index (Phi) is 6.61. The van der Waals surface area contributed by atoms with Gasteiger partial charge in [-0.1, -0.05) is 49.7 Å². The molecule has 0 aliphatic heterocycles. The molecule has 0 spiro atoms. The zero-order valence-corrected chi connectivity index (χ0v) is 17.9. The Labute approximate surface area is 184 Å². The number of nitrogens with zero attached hydrogens (tertiary/aromatic N) is 2. The first-order valence-corrected chi connectivity index (χ1v) is 10.5. The summed E-state index contributed by atoms with van der Waals surface area (Å²) < 4.78 is 57.1. The predicted molar refractivity (Wildman–Crippen MR) is 113 cm³/mol. The number of alkyl halides is 3. The molecule has 0 heterocycles. The summed E-state index contributed by atoms with van der Waals surface area (Å²) >= 11 is 0. The lowest BCUT2D eigenvalue weighted by molar-refractivity contribution is -0.199. The van der Waals surface area contributed by atoms with Gasteiger partial charge in [0.05, 0.1) is 12.1 Å². The summed E-state index contributed by atoms with van der Waals surface area (Å²) in [5.74, 6) is -1.28. The second-order valence-corrected chi connectivity index (χ2v) is 8.29. The standard InChI is InChI=1S/C24H25F4N3O/c1-3-4-20(22(30)32)31(23(14-29)11-12-23)21(24(26,27)28)17-9-7-16(8-10-17)18-6-5-15(2)19(25)13-18/h5-10,13,20-21H,3-4,11-12H2,1-2H3,(H2,30,32)/t20-,21-/m0/s1. The van der Waals surface area contributed by atoms with E-state index in [-0.39, 0.29) is 24.8 Å². The Hall–Kier alpha value is -2.92. The molecule has 3 rings (SSSR count). The van der Waals surface area contributed by atoms with Gasteiger partial charge in [0.15, 0.2) is 0 Å². The molecule has 8 heteroatoms. The van der Waals surface area contributed by atoms with Crippen molar-refractivity contribution in [2.45, 2.75) is 63.3 Å². The van der Waals surface area contributed by atoms with Gasteiger partial charge >= 0.3 is 6.18 Å². The quantitative estimate of drug-likeness (QED) is 0.550. The molecule has 1 amide bonds. The summed E-state index contributed by atoms with van der Waals surface area (Å²) in [6.07, 6.45) is -3.71. The van der Waals surface area contributed by atoms with E-state index in [9.17, 15) is 27.6 Å². The number of carbonyl (C=O) groups is 1. The topological polar surface area (TPSA) is 70.1 Å².